The fraction of sp³-hybridized carbons (Fsp3) is 0.200. The fourth-order valence-corrected chi connectivity index (χ4v) is 2.11. The molecule has 0 bridgehead atoms. The number of aryl methyl sites for hydroxylation is 2. The van der Waals surface area contributed by atoms with Crippen molar-refractivity contribution in [3.63, 3.8) is 0 Å². The van der Waals surface area contributed by atoms with Crippen molar-refractivity contribution >= 4 is 17.4 Å². The maximum Gasteiger partial charge on any atom is 0.215 e. The number of rotatable bonds is 3. The zero-order valence-electron chi connectivity index (χ0n) is 11.0. The van der Waals surface area contributed by atoms with Gasteiger partial charge in [0.2, 0.25) is 5.78 Å². The summed E-state index contributed by atoms with van der Waals surface area (Å²) in [5.74, 6) is 0.313. The van der Waals surface area contributed by atoms with Gasteiger partial charge >= 0.3 is 0 Å². The first-order valence-corrected chi connectivity index (χ1v) is 6.22. The molecule has 0 radical (unpaired) electrons. The summed E-state index contributed by atoms with van der Waals surface area (Å²) in [6.07, 6.45) is 1.68. The van der Waals surface area contributed by atoms with Crippen LogP contribution < -0.4 is 4.74 Å². The Hall–Kier alpha value is -1.87. The molecule has 0 unspecified atom stereocenters. The summed E-state index contributed by atoms with van der Waals surface area (Å²) < 4.78 is 5.20. The Bertz CT molecular complexity index is 638. The Morgan fingerprint density at radius 3 is 2.63 bits per heavy atom. The fourth-order valence-electron chi connectivity index (χ4n) is 1.94. The molecule has 0 saturated carbocycles. The monoisotopic (exact) mass is 275 g/mol. The molecule has 0 N–H and O–H groups in total. The molecule has 19 heavy (non-hydrogen) atoms. The number of aromatic nitrogens is 1. The highest BCUT2D eigenvalue weighted by Crippen LogP contribution is 2.25. The minimum Gasteiger partial charge on any atom is -0.496 e. The zero-order valence-corrected chi connectivity index (χ0v) is 11.8. The van der Waals surface area contributed by atoms with Gasteiger partial charge in [0.15, 0.2) is 0 Å². The van der Waals surface area contributed by atoms with E-state index in [1.165, 1.54) is 7.11 Å². The van der Waals surface area contributed by atoms with Crippen LogP contribution in [0.4, 0.5) is 0 Å². The van der Waals surface area contributed by atoms with E-state index in [9.17, 15) is 4.79 Å². The van der Waals surface area contributed by atoms with Gasteiger partial charge in [-0.15, -0.1) is 0 Å². The van der Waals surface area contributed by atoms with Crippen molar-refractivity contribution in [2.45, 2.75) is 13.8 Å². The molecule has 0 aliphatic heterocycles. The van der Waals surface area contributed by atoms with Gasteiger partial charge in [0, 0.05) is 11.2 Å². The summed E-state index contributed by atoms with van der Waals surface area (Å²) in [5, 5.41) is 0.494. The molecule has 0 aliphatic rings. The lowest BCUT2D eigenvalue weighted by molar-refractivity contribution is 0.103. The van der Waals surface area contributed by atoms with Crippen LogP contribution in [0.3, 0.4) is 0 Å². The molecule has 0 atom stereocenters. The number of hydrogen-bond donors (Lipinski definition) is 0. The Kier molecular flexibility index (Phi) is 3.86. The van der Waals surface area contributed by atoms with E-state index in [0.29, 0.717) is 22.0 Å². The standard InChI is InChI=1S/C15H14ClNO2/c1-9-6-10(2)14(17-8-9)15(18)12-7-11(16)4-5-13(12)19-3/h4-8H,1-3H3. The lowest BCUT2D eigenvalue weighted by Gasteiger charge is -2.09. The molecule has 1 heterocycles. The smallest absolute Gasteiger partial charge is 0.215 e. The van der Waals surface area contributed by atoms with Gasteiger partial charge in [-0.1, -0.05) is 17.7 Å². The molecule has 0 aliphatic carbocycles. The highest BCUT2D eigenvalue weighted by Gasteiger charge is 2.18. The average molecular weight is 276 g/mol. The van der Waals surface area contributed by atoms with Gasteiger partial charge in [-0.25, -0.2) is 0 Å². The number of ether oxygens (including phenoxy) is 1. The maximum absolute atomic E-state index is 12.5. The third kappa shape index (κ3) is 2.76. The second kappa shape index (κ2) is 5.41. The summed E-state index contributed by atoms with van der Waals surface area (Å²) in [4.78, 5) is 16.7. The molecule has 2 rings (SSSR count). The number of methoxy groups -OCH3 is 1. The van der Waals surface area contributed by atoms with E-state index >= 15 is 0 Å². The summed E-state index contributed by atoms with van der Waals surface area (Å²) in [6, 6.07) is 6.90. The van der Waals surface area contributed by atoms with Crippen LogP contribution in [-0.4, -0.2) is 17.9 Å². The van der Waals surface area contributed by atoms with Crippen LogP contribution in [0.5, 0.6) is 5.75 Å². The quantitative estimate of drug-likeness (QED) is 0.804. The first kappa shape index (κ1) is 13.6. The van der Waals surface area contributed by atoms with Crippen LogP contribution in [0.15, 0.2) is 30.5 Å². The van der Waals surface area contributed by atoms with Gasteiger partial charge in [0.1, 0.15) is 11.4 Å². The zero-order chi connectivity index (χ0) is 14.0. The molecule has 0 spiro atoms. The Labute approximate surface area is 117 Å². The van der Waals surface area contributed by atoms with Crippen molar-refractivity contribution < 1.29 is 9.53 Å². The third-order valence-corrected chi connectivity index (χ3v) is 3.07. The van der Waals surface area contributed by atoms with Crippen LogP contribution in [-0.2, 0) is 0 Å². The molecule has 0 amide bonds. The summed E-state index contributed by atoms with van der Waals surface area (Å²) in [5.41, 5.74) is 2.71. The Balaban J connectivity index is 2.52. The van der Waals surface area contributed by atoms with Crippen molar-refractivity contribution in [2.24, 2.45) is 0 Å². The summed E-state index contributed by atoms with van der Waals surface area (Å²) in [6.45, 7) is 3.80. The predicted molar refractivity (Wildman–Crippen MR) is 75.1 cm³/mol. The van der Waals surface area contributed by atoms with E-state index in [2.05, 4.69) is 4.98 Å². The molecular weight excluding hydrogens is 262 g/mol. The number of pyridine rings is 1. The van der Waals surface area contributed by atoms with Crippen molar-refractivity contribution in [1.82, 2.24) is 4.98 Å². The molecule has 98 valence electrons. The largest absolute Gasteiger partial charge is 0.496 e. The molecule has 0 saturated heterocycles. The molecule has 4 heteroatoms. The minimum atomic E-state index is -0.183. The number of benzene rings is 1. The minimum absolute atomic E-state index is 0.183. The topological polar surface area (TPSA) is 39.2 Å². The highest BCUT2D eigenvalue weighted by molar-refractivity contribution is 6.31. The highest BCUT2D eigenvalue weighted by atomic mass is 35.5. The van der Waals surface area contributed by atoms with E-state index in [0.717, 1.165) is 11.1 Å². The lowest BCUT2D eigenvalue weighted by atomic mass is 10.0. The second-order valence-corrected chi connectivity index (χ2v) is 4.79. The predicted octanol–water partition coefficient (Wildman–Crippen LogP) is 3.59. The van der Waals surface area contributed by atoms with E-state index in [-0.39, 0.29) is 5.78 Å². The molecule has 1 aromatic carbocycles. The van der Waals surface area contributed by atoms with Gasteiger partial charge in [-0.3, -0.25) is 9.78 Å². The summed E-state index contributed by atoms with van der Waals surface area (Å²) >= 11 is 5.94. The van der Waals surface area contributed by atoms with Crippen molar-refractivity contribution in [3.8, 4) is 5.75 Å². The van der Waals surface area contributed by atoms with Crippen LogP contribution in [0.1, 0.15) is 27.2 Å². The molecule has 3 nitrogen and oxygen atoms in total. The molecular formula is C15H14ClNO2. The van der Waals surface area contributed by atoms with Gasteiger partial charge in [0.05, 0.1) is 12.7 Å². The SMILES string of the molecule is COc1ccc(Cl)cc1C(=O)c1ncc(C)cc1C. The Morgan fingerprint density at radius 2 is 2.00 bits per heavy atom. The van der Waals surface area contributed by atoms with E-state index in [4.69, 9.17) is 16.3 Å². The van der Waals surface area contributed by atoms with Crippen molar-refractivity contribution in [3.05, 3.63) is 57.9 Å². The number of carbonyl (C=O) groups excluding carboxylic acids is 1. The van der Waals surface area contributed by atoms with Crippen LogP contribution in [0.2, 0.25) is 5.02 Å². The second-order valence-electron chi connectivity index (χ2n) is 4.35. The average Bonchev–Trinajstić information content (AvgIpc) is 2.38. The van der Waals surface area contributed by atoms with E-state index in [1.807, 2.05) is 19.9 Å². The molecule has 0 fully saturated rings. The van der Waals surface area contributed by atoms with Crippen LogP contribution in [0, 0.1) is 13.8 Å². The van der Waals surface area contributed by atoms with Crippen LogP contribution in [0.25, 0.3) is 0 Å². The summed E-state index contributed by atoms with van der Waals surface area (Å²) in [7, 11) is 1.52. The number of nitrogens with zero attached hydrogens (tertiary/aromatic N) is 1. The van der Waals surface area contributed by atoms with E-state index < -0.39 is 0 Å². The van der Waals surface area contributed by atoms with Crippen molar-refractivity contribution in [2.75, 3.05) is 7.11 Å². The van der Waals surface area contributed by atoms with Crippen LogP contribution >= 0.6 is 11.6 Å². The maximum atomic E-state index is 12.5. The number of carbonyl (C=O) groups is 1. The van der Waals surface area contributed by atoms with Gasteiger partial charge < -0.3 is 4.74 Å². The van der Waals surface area contributed by atoms with Gasteiger partial charge in [-0.2, -0.15) is 0 Å². The first-order chi connectivity index (χ1) is 9.02. The first-order valence-electron chi connectivity index (χ1n) is 5.84. The number of ketones is 1. The number of hydrogen-bond acceptors (Lipinski definition) is 3. The Morgan fingerprint density at radius 1 is 1.26 bits per heavy atom. The van der Waals surface area contributed by atoms with Gasteiger partial charge in [0.25, 0.3) is 0 Å². The number of halogens is 1. The normalized spacial score (nSPS) is 10.3. The van der Waals surface area contributed by atoms with Crippen molar-refractivity contribution in [1.29, 1.82) is 0 Å². The molecule has 1 aromatic heterocycles. The lowest BCUT2D eigenvalue weighted by Crippen LogP contribution is -2.08. The van der Waals surface area contributed by atoms with E-state index in [1.54, 1.807) is 24.4 Å². The van der Waals surface area contributed by atoms with Gasteiger partial charge in [-0.05, 0) is 43.2 Å². The molecule has 2 aromatic rings. The third-order valence-electron chi connectivity index (χ3n) is 2.84.